The van der Waals surface area contributed by atoms with Crippen molar-refractivity contribution in [2.75, 3.05) is 31.1 Å². The minimum absolute atomic E-state index is 0.213. The molecule has 29 heavy (non-hydrogen) atoms. The average molecular weight is 420 g/mol. The lowest BCUT2D eigenvalue weighted by atomic mass is 9.79. The van der Waals surface area contributed by atoms with Gasteiger partial charge in [0.1, 0.15) is 17.0 Å². The molecule has 0 aromatic carbocycles. The van der Waals surface area contributed by atoms with E-state index in [1.54, 1.807) is 24.7 Å². The number of rotatable bonds is 4. The van der Waals surface area contributed by atoms with Gasteiger partial charge in [0.15, 0.2) is 0 Å². The molecule has 2 saturated heterocycles. The molecule has 0 radical (unpaired) electrons. The van der Waals surface area contributed by atoms with Gasteiger partial charge in [0.2, 0.25) is 0 Å². The summed E-state index contributed by atoms with van der Waals surface area (Å²) in [4.78, 5) is 22.5. The van der Waals surface area contributed by atoms with Crippen LogP contribution in [0.1, 0.15) is 17.0 Å². The molecular weight excluding hydrogens is 401 g/mol. The number of thiophene rings is 1. The van der Waals surface area contributed by atoms with Gasteiger partial charge in [-0.1, -0.05) is 0 Å². The number of fused-ring (bicyclic) bond motifs is 1. The highest BCUT2D eigenvalue weighted by atomic mass is 32.1. The highest BCUT2D eigenvalue weighted by molar-refractivity contribution is 7.18. The smallest absolute Gasteiger partial charge is 0.355 e. The summed E-state index contributed by atoms with van der Waals surface area (Å²) >= 11 is 1.10. The van der Waals surface area contributed by atoms with Crippen LogP contribution < -0.4 is 4.90 Å². The molecule has 0 N–H and O–H groups in total. The maximum Gasteiger partial charge on any atom is 0.393 e. The fourth-order valence-electron chi connectivity index (χ4n) is 4.46. The summed E-state index contributed by atoms with van der Waals surface area (Å²) in [6, 6.07) is 1.61. The van der Waals surface area contributed by atoms with Crippen LogP contribution >= 0.6 is 11.3 Å². The molecule has 6 nitrogen and oxygen atoms in total. The molecule has 2 aliphatic heterocycles. The van der Waals surface area contributed by atoms with Crippen molar-refractivity contribution in [3.63, 3.8) is 0 Å². The van der Waals surface area contributed by atoms with E-state index < -0.39 is 12.6 Å². The lowest BCUT2D eigenvalue weighted by Crippen LogP contribution is -2.57. The summed E-state index contributed by atoms with van der Waals surface area (Å²) < 4.78 is 38.3. The molecule has 0 unspecified atom stereocenters. The minimum atomic E-state index is -4.22. The number of hydrogen-bond acceptors (Lipinski definition) is 7. The molecule has 5 heterocycles. The van der Waals surface area contributed by atoms with Gasteiger partial charge in [0.25, 0.3) is 0 Å². The van der Waals surface area contributed by atoms with Crippen LogP contribution in [0, 0.1) is 5.41 Å². The van der Waals surface area contributed by atoms with Crippen molar-refractivity contribution >= 4 is 27.4 Å². The summed E-state index contributed by atoms with van der Waals surface area (Å²) in [5.41, 5.74) is 1.18. The van der Waals surface area contributed by atoms with Gasteiger partial charge in [0.05, 0.1) is 17.5 Å². The van der Waals surface area contributed by atoms with Gasteiger partial charge in [0, 0.05) is 61.6 Å². The van der Waals surface area contributed by atoms with Crippen molar-refractivity contribution in [3.05, 3.63) is 41.6 Å². The lowest BCUT2D eigenvalue weighted by Gasteiger charge is -2.48. The third-order valence-electron chi connectivity index (χ3n) is 5.59. The molecule has 0 atom stereocenters. The zero-order chi connectivity index (χ0) is 20.1. The fourth-order valence-corrected chi connectivity index (χ4v) is 5.48. The summed E-state index contributed by atoms with van der Waals surface area (Å²) in [7, 11) is 0. The summed E-state index contributed by atoms with van der Waals surface area (Å²) in [5.74, 6) is 0.754. The topological polar surface area (TPSA) is 58.0 Å². The zero-order valence-electron chi connectivity index (χ0n) is 15.6. The summed E-state index contributed by atoms with van der Waals surface area (Å²) in [6.45, 7) is 4.48. The molecule has 2 aliphatic rings. The molecule has 0 amide bonds. The van der Waals surface area contributed by atoms with Crippen molar-refractivity contribution in [1.82, 2.24) is 24.8 Å². The molecule has 2 fully saturated rings. The molecule has 5 rings (SSSR count). The Morgan fingerprint density at radius 3 is 2.72 bits per heavy atom. The zero-order valence-corrected chi connectivity index (χ0v) is 16.4. The number of anilines is 1. The van der Waals surface area contributed by atoms with Crippen LogP contribution in [0.2, 0.25) is 0 Å². The Morgan fingerprint density at radius 1 is 1.10 bits per heavy atom. The number of nitrogens with zero attached hydrogens (tertiary/aromatic N) is 6. The number of alkyl halides is 3. The van der Waals surface area contributed by atoms with E-state index in [1.807, 2.05) is 0 Å². The van der Waals surface area contributed by atoms with Crippen molar-refractivity contribution in [1.29, 1.82) is 0 Å². The van der Waals surface area contributed by atoms with Gasteiger partial charge < -0.3 is 4.90 Å². The van der Waals surface area contributed by atoms with Crippen LogP contribution in [-0.4, -0.2) is 57.2 Å². The molecule has 152 valence electrons. The molecule has 3 aromatic heterocycles. The Bertz CT molecular complexity index is 1020. The van der Waals surface area contributed by atoms with Crippen LogP contribution in [0.25, 0.3) is 10.2 Å². The normalized spacial score (nSPS) is 19.2. The van der Waals surface area contributed by atoms with Crippen molar-refractivity contribution in [2.45, 2.75) is 25.6 Å². The predicted molar refractivity (Wildman–Crippen MR) is 104 cm³/mol. The molecule has 3 aromatic rings. The van der Waals surface area contributed by atoms with Gasteiger partial charge in [-0.25, -0.2) is 9.97 Å². The molecule has 0 aliphatic carbocycles. The second-order valence-electron chi connectivity index (χ2n) is 7.93. The first-order valence-electron chi connectivity index (χ1n) is 9.42. The van der Waals surface area contributed by atoms with Crippen molar-refractivity contribution < 1.29 is 13.2 Å². The van der Waals surface area contributed by atoms with Gasteiger partial charge >= 0.3 is 6.18 Å². The Hall–Kier alpha value is -2.33. The molecule has 0 saturated carbocycles. The van der Waals surface area contributed by atoms with Crippen LogP contribution in [0.15, 0.2) is 31.0 Å². The van der Waals surface area contributed by atoms with Crippen LogP contribution in [-0.2, 0) is 13.0 Å². The Balaban J connectivity index is 1.29. The quantitative estimate of drug-likeness (QED) is 0.646. The fraction of sp³-hybridized carbons (Fsp3) is 0.474. The Kier molecular flexibility index (Phi) is 4.43. The standard InChI is InChI=1S/C19H19F3N6S/c20-19(21,22)6-14-5-15-16(25-12-26-17(15)29-14)28-4-1-18(11-28)9-27(10-18)8-13-7-23-2-3-24-13/h2-3,5,7,12H,1,4,6,8-11H2. The van der Waals surface area contributed by atoms with Gasteiger partial charge in [-0.15, -0.1) is 11.3 Å². The predicted octanol–water partition coefficient (Wildman–Crippen LogP) is 3.30. The van der Waals surface area contributed by atoms with Crippen molar-refractivity contribution in [3.8, 4) is 0 Å². The van der Waals surface area contributed by atoms with Crippen molar-refractivity contribution in [2.24, 2.45) is 5.41 Å². The van der Waals surface area contributed by atoms with E-state index in [0.717, 1.165) is 67.4 Å². The van der Waals surface area contributed by atoms with E-state index >= 15 is 0 Å². The Labute approximate surface area is 169 Å². The highest BCUT2D eigenvalue weighted by Crippen LogP contribution is 2.43. The second kappa shape index (κ2) is 6.88. The molecule has 10 heteroatoms. The molecule has 1 spiro atoms. The van der Waals surface area contributed by atoms with E-state index in [1.165, 1.54) is 6.33 Å². The summed E-state index contributed by atoms with van der Waals surface area (Å²) in [6.07, 6.45) is 2.53. The van der Waals surface area contributed by atoms with Gasteiger partial charge in [-0.2, -0.15) is 13.2 Å². The highest BCUT2D eigenvalue weighted by Gasteiger charge is 2.48. The SMILES string of the molecule is FC(F)(F)Cc1cc2c(N3CCC4(CN(Cc5cnccn5)C4)C3)ncnc2s1. The van der Waals surface area contributed by atoms with Gasteiger partial charge in [-0.05, 0) is 12.5 Å². The largest absolute Gasteiger partial charge is 0.393 e. The van der Waals surface area contributed by atoms with Crippen LogP contribution in [0.4, 0.5) is 19.0 Å². The van der Waals surface area contributed by atoms with Crippen LogP contribution in [0.3, 0.4) is 0 Å². The molecule has 0 bridgehead atoms. The third kappa shape index (κ3) is 3.78. The van der Waals surface area contributed by atoms with E-state index in [4.69, 9.17) is 0 Å². The maximum atomic E-state index is 12.8. The van der Waals surface area contributed by atoms with Crippen LogP contribution in [0.5, 0.6) is 0 Å². The number of likely N-dealkylation sites (tertiary alicyclic amines) is 1. The van der Waals surface area contributed by atoms with E-state index in [-0.39, 0.29) is 10.3 Å². The number of hydrogen-bond donors (Lipinski definition) is 0. The lowest BCUT2D eigenvalue weighted by molar-refractivity contribution is -0.126. The first-order chi connectivity index (χ1) is 13.9. The second-order valence-corrected chi connectivity index (χ2v) is 9.05. The number of halogens is 3. The average Bonchev–Trinajstić information content (AvgIpc) is 3.24. The van der Waals surface area contributed by atoms with E-state index in [0.29, 0.717) is 4.83 Å². The first-order valence-corrected chi connectivity index (χ1v) is 10.2. The minimum Gasteiger partial charge on any atom is -0.355 e. The van der Waals surface area contributed by atoms with Gasteiger partial charge in [-0.3, -0.25) is 14.9 Å². The Morgan fingerprint density at radius 2 is 1.97 bits per heavy atom. The first kappa shape index (κ1) is 18.7. The maximum absolute atomic E-state index is 12.8. The van der Waals surface area contributed by atoms with E-state index in [9.17, 15) is 13.2 Å². The third-order valence-corrected chi connectivity index (χ3v) is 6.64. The summed E-state index contributed by atoms with van der Waals surface area (Å²) in [5, 5.41) is 0.726. The monoisotopic (exact) mass is 420 g/mol. The van der Waals surface area contributed by atoms with E-state index in [2.05, 4.69) is 29.7 Å². The number of aromatic nitrogens is 4. The molecular formula is C19H19F3N6S.